The number of carbonyl (C=O) groups is 3. The van der Waals surface area contributed by atoms with E-state index in [0.29, 0.717) is 18.5 Å². The topological polar surface area (TPSA) is 108 Å². The lowest BCUT2D eigenvalue weighted by molar-refractivity contribution is -0.145. The van der Waals surface area contributed by atoms with Crippen molar-refractivity contribution in [3.63, 3.8) is 0 Å². The number of rotatable bonds is 6. The third-order valence-corrected chi connectivity index (χ3v) is 6.62. The first-order valence-corrected chi connectivity index (χ1v) is 10.5. The molecule has 162 valence electrons. The van der Waals surface area contributed by atoms with Gasteiger partial charge in [0.15, 0.2) is 0 Å². The summed E-state index contributed by atoms with van der Waals surface area (Å²) in [6.45, 7) is 5.32. The van der Waals surface area contributed by atoms with Crippen molar-refractivity contribution in [1.29, 1.82) is 0 Å². The van der Waals surface area contributed by atoms with Gasteiger partial charge in [-0.2, -0.15) is 0 Å². The van der Waals surface area contributed by atoms with Gasteiger partial charge in [-0.25, -0.2) is 0 Å². The third kappa shape index (κ3) is 3.01. The van der Waals surface area contributed by atoms with Gasteiger partial charge in [-0.1, -0.05) is 18.2 Å². The van der Waals surface area contributed by atoms with E-state index >= 15 is 0 Å². The van der Waals surface area contributed by atoms with Crippen LogP contribution in [0.5, 0.6) is 0 Å². The van der Waals surface area contributed by atoms with Crippen LogP contribution in [0, 0.1) is 11.8 Å². The Hall–Kier alpha value is -2.45. The highest BCUT2D eigenvalue weighted by molar-refractivity contribution is 6.02. The molecule has 2 unspecified atom stereocenters. The maximum absolute atomic E-state index is 13.4. The number of benzene rings is 1. The Morgan fingerprint density at radius 1 is 1.23 bits per heavy atom. The van der Waals surface area contributed by atoms with Gasteiger partial charge in [0.2, 0.25) is 17.7 Å². The van der Waals surface area contributed by atoms with Crippen LogP contribution in [0.1, 0.15) is 33.6 Å². The van der Waals surface area contributed by atoms with Crippen LogP contribution in [0.15, 0.2) is 30.3 Å². The SMILES string of the molecule is CC(C)NC(=O)C1N(CCO)C(=O)[C@@H]2[C@H](C(=O)Nc3ccccc3)[C@]3(C)CCC12O3. The van der Waals surface area contributed by atoms with Gasteiger partial charge >= 0.3 is 0 Å². The maximum Gasteiger partial charge on any atom is 0.246 e. The van der Waals surface area contributed by atoms with E-state index < -0.39 is 29.1 Å². The van der Waals surface area contributed by atoms with Crippen LogP contribution in [0.4, 0.5) is 5.69 Å². The number of hydrogen-bond acceptors (Lipinski definition) is 5. The largest absolute Gasteiger partial charge is 0.395 e. The number of likely N-dealkylation sites (tertiary alicyclic amines) is 1. The lowest BCUT2D eigenvalue weighted by Gasteiger charge is -2.33. The van der Waals surface area contributed by atoms with Gasteiger partial charge in [0.1, 0.15) is 11.6 Å². The molecule has 1 aromatic carbocycles. The Morgan fingerprint density at radius 2 is 1.93 bits per heavy atom. The molecule has 3 N–H and O–H groups in total. The predicted octanol–water partition coefficient (Wildman–Crippen LogP) is 0.907. The Balaban J connectivity index is 1.70. The van der Waals surface area contributed by atoms with Gasteiger partial charge in [-0.05, 0) is 45.7 Å². The summed E-state index contributed by atoms with van der Waals surface area (Å²) in [5.74, 6) is -2.35. The molecule has 4 rings (SSSR count). The van der Waals surface area contributed by atoms with E-state index in [1.165, 1.54) is 4.90 Å². The van der Waals surface area contributed by atoms with E-state index in [-0.39, 0.29) is 36.9 Å². The zero-order chi connectivity index (χ0) is 21.7. The monoisotopic (exact) mass is 415 g/mol. The molecule has 1 aromatic rings. The summed E-state index contributed by atoms with van der Waals surface area (Å²) in [7, 11) is 0. The molecule has 0 aliphatic carbocycles. The summed E-state index contributed by atoms with van der Waals surface area (Å²) in [4.78, 5) is 41.3. The fourth-order valence-electron chi connectivity index (χ4n) is 5.58. The minimum Gasteiger partial charge on any atom is -0.395 e. The second-order valence-electron chi connectivity index (χ2n) is 9.00. The van der Waals surface area contributed by atoms with E-state index in [1.807, 2.05) is 39.0 Å². The molecule has 3 aliphatic rings. The van der Waals surface area contributed by atoms with Crippen molar-refractivity contribution >= 4 is 23.4 Å². The fourth-order valence-corrected chi connectivity index (χ4v) is 5.58. The fraction of sp³-hybridized carbons (Fsp3) is 0.591. The molecule has 3 heterocycles. The number of ether oxygens (including phenoxy) is 1. The first-order chi connectivity index (χ1) is 14.2. The number of aliphatic hydroxyl groups is 1. The molecule has 1 spiro atoms. The van der Waals surface area contributed by atoms with Crippen LogP contribution in [0.25, 0.3) is 0 Å². The highest BCUT2D eigenvalue weighted by Gasteiger charge is 2.77. The van der Waals surface area contributed by atoms with Gasteiger partial charge < -0.3 is 25.4 Å². The predicted molar refractivity (Wildman–Crippen MR) is 109 cm³/mol. The Morgan fingerprint density at radius 3 is 2.57 bits per heavy atom. The number of β-amino-alcohol motifs (C(OH)–C–C–N with tert-alkyl or cyclic N) is 1. The van der Waals surface area contributed by atoms with Crippen molar-refractivity contribution in [1.82, 2.24) is 10.2 Å². The summed E-state index contributed by atoms with van der Waals surface area (Å²) in [5, 5.41) is 15.3. The van der Waals surface area contributed by atoms with Crippen LogP contribution in [-0.4, -0.2) is 64.2 Å². The molecule has 8 nitrogen and oxygen atoms in total. The van der Waals surface area contributed by atoms with Crippen molar-refractivity contribution < 1.29 is 24.2 Å². The average Bonchev–Trinajstić information content (AvgIpc) is 3.24. The molecule has 3 amide bonds. The smallest absolute Gasteiger partial charge is 0.246 e. The molecule has 30 heavy (non-hydrogen) atoms. The van der Waals surface area contributed by atoms with E-state index in [0.717, 1.165) is 0 Å². The lowest BCUT2D eigenvalue weighted by atomic mass is 9.66. The number of anilines is 1. The molecule has 8 heteroatoms. The number of hydrogen-bond donors (Lipinski definition) is 3. The Bertz CT molecular complexity index is 860. The van der Waals surface area contributed by atoms with Crippen LogP contribution < -0.4 is 10.6 Å². The standard InChI is InChI=1S/C22H29N3O5/c1-13(2)23-19(28)17-22-10-9-21(3,30-22)15(16(22)20(29)25(17)11-12-26)18(27)24-14-7-5-4-6-8-14/h4-8,13,15-17,26H,9-12H2,1-3H3,(H,23,28)(H,24,27)/t15-,16+,17?,21+,22?/m1/s1. The molecule has 5 atom stereocenters. The molecule has 3 saturated heterocycles. The van der Waals surface area contributed by atoms with Crippen molar-refractivity contribution in [3.8, 4) is 0 Å². The minimum atomic E-state index is -1.06. The summed E-state index contributed by atoms with van der Waals surface area (Å²) in [5.41, 5.74) is -1.23. The number of nitrogens with one attached hydrogen (secondary N) is 2. The molecule has 3 fully saturated rings. The second kappa shape index (κ2) is 7.35. The van der Waals surface area contributed by atoms with E-state index in [9.17, 15) is 19.5 Å². The van der Waals surface area contributed by atoms with Gasteiger partial charge in [0.05, 0.1) is 24.0 Å². The number of amides is 3. The maximum atomic E-state index is 13.4. The third-order valence-electron chi connectivity index (χ3n) is 6.62. The van der Waals surface area contributed by atoms with Gasteiger partial charge in [-0.15, -0.1) is 0 Å². The van der Waals surface area contributed by atoms with Gasteiger partial charge in [-0.3, -0.25) is 14.4 Å². The highest BCUT2D eigenvalue weighted by atomic mass is 16.5. The highest BCUT2D eigenvalue weighted by Crippen LogP contribution is 2.63. The van der Waals surface area contributed by atoms with Crippen LogP contribution in [0.3, 0.4) is 0 Å². The van der Waals surface area contributed by atoms with Crippen molar-refractivity contribution in [2.75, 3.05) is 18.5 Å². The summed E-state index contributed by atoms with van der Waals surface area (Å²) >= 11 is 0. The Labute approximate surface area is 176 Å². The van der Waals surface area contributed by atoms with E-state index in [1.54, 1.807) is 12.1 Å². The molecule has 0 aromatic heterocycles. The summed E-state index contributed by atoms with van der Waals surface area (Å²) < 4.78 is 6.44. The molecule has 3 aliphatic heterocycles. The number of carbonyl (C=O) groups excluding carboxylic acids is 3. The summed E-state index contributed by atoms with van der Waals surface area (Å²) in [6.07, 6.45) is 1.11. The number of nitrogens with zero attached hydrogens (tertiary/aromatic N) is 1. The minimum absolute atomic E-state index is 0.0281. The molecular formula is C22H29N3O5. The van der Waals surface area contributed by atoms with E-state index in [2.05, 4.69) is 10.6 Å². The van der Waals surface area contributed by atoms with Gasteiger partial charge in [0, 0.05) is 18.3 Å². The molecule has 2 bridgehead atoms. The first-order valence-electron chi connectivity index (χ1n) is 10.5. The average molecular weight is 415 g/mol. The second-order valence-corrected chi connectivity index (χ2v) is 9.00. The van der Waals surface area contributed by atoms with Crippen LogP contribution in [0.2, 0.25) is 0 Å². The van der Waals surface area contributed by atoms with Crippen LogP contribution in [-0.2, 0) is 19.1 Å². The number of para-hydroxylation sites is 1. The van der Waals surface area contributed by atoms with Crippen molar-refractivity contribution in [2.24, 2.45) is 11.8 Å². The van der Waals surface area contributed by atoms with Gasteiger partial charge in [0.25, 0.3) is 0 Å². The quantitative estimate of drug-likeness (QED) is 0.640. The van der Waals surface area contributed by atoms with Crippen molar-refractivity contribution in [2.45, 2.75) is 56.9 Å². The normalized spacial score (nSPS) is 34.4. The van der Waals surface area contributed by atoms with Crippen molar-refractivity contribution in [3.05, 3.63) is 30.3 Å². The number of aliphatic hydroxyl groups excluding tert-OH is 1. The molecule has 0 saturated carbocycles. The van der Waals surface area contributed by atoms with E-state index in [4.69, 9.17) is 4.74 Å². The van der Waals surface area contributed by atoms with Crippen LogP contribution >= 0.6 is 0 Å². The Kier molecular flexibility index (Phi) is 5.10. The molecule has 0 radical (unpaired) electrons. The first kappa shape index (κ1) is 20.8. The summed E-state index contributed by atoms with van der Waals surface area (Å²) in [6, 6.07) is 8.12. The lowest BCUT2D eigenvalue weighted by Crippen LogP contribution is -2.56. The zero-order valence-corrected chi connectivity index (χ0v) is 17.6. The zero-order valence-electron chi connectivity index (χ0n) is 17.6. The number of fused-ring (bicyclic) bond motifs is 1. The molecular weight excluding hydrogens is 386 g/mol.